The Hall–Kier alpha value is -1.94. The molecular formula is C14H13NO3. The first kappa shape index (κ1) is 11.2. The van der Waals surface area contributed by atoms with Crippen LogP contribution in [0.5, 0.6) is 0 Å². The molecule has 1 aliphatic rings. The van der Waals surface area contributed by atoms with Crippen LogP contribution in [0.25, 0.3) is 10.9 Å². The summed E-state index contributed by atoms with van der Waals surface area (Å²) < 4.78 is 5.62. The summed E-state index contributed by atoms with van der Waals surface area (Å²) in [5.41, 5.74) is 2.03. The Morgan fingerprint density at radius 2 is 2.28 bits per heavy atom. The summed E-state index contributed by atoms with van der Waals surface area (Å²) in [5.74, 6) is -0.924. The second-order valence-corrected chi connectivity index (χ2v) is 4.44. The van der Waals surface area contributed by atoms with Gasteiger partial charge in [-0.25, -0.2) is 4.79 Å². The second-order valence-electron chi connectivity index (χ2n) is 4.44. The van der Waals surface area contributed by atoms with Crippen LogP contribution in [0.15, 0.2) is 30.5 Å². The van der Waals surface area contributed by atoms with Crippen LogP contribution in [0.3, 0.4) is 0 Å². The van der Waals surface area contributed by atoms with Crippen LogP contribution in [0, 0.1) is 0 Å². The minimum absolute atomic E-state index is 0.0938. The van der Waals surface area contributed by atoms with E-state index >= 15 is 0 Å². The van der Waals surface area contributed by atoms with E-state index in [1.807, 2.05) is 18.2 Å². The zero-order chi connectivity index (χ0) is 12.5. The average molecular weight is 243 g/mol. The molecule has 0 radical (unpaired) electrons. The molecule has 92 valence electrons. The smallest absolute Gasteiger partial charge is 0.336 e. The van der Waals surface area contributed by atoms with Gasteiger partial charge in [0.1, 0.15) is 0 Å². The Morgan fingerprint density at radius 3 is 3.00 bits per heavy atom. The summed E-state index contributed by atoms with van der Waals surface area (Å²) in [7, 11) is 0. The molecule has 1 aromatic heterocycles. The Kier molecular flexibility index (Phi) is 2.72. The molecular weight excluding hydrogens is 230 g/mol. The molecule has 1 atom stereocenters. The van der Waals surface area contributed by atoms with Gasteiger partial charge in [0.05, 0.1) is 17.2 Å². The quantitative estimate of drug-likeness (QED) is 0.881. The largest absolute Gasteiger partial charge is 0.478 e. The fourth-order valence-corrected chi connectivity index (χ4v) is 2.39. The molecule has 0 saturated carbocycles. The maximum absolute atomic E-state index is 11.2. The van der Waals surface area contributed by atoms with Crippen LogP contribution in [-0.4, -0.2) is 22.7 Å². The number of carboxylic acid groups (broad SMARTS) is 1. The van der Waals surface area contributed by atoms with Crippen molar-refractivity contribution in [3.05, 3.63) is 41.6 Å². The van der Waals surface area contributed by atoms with Gasteiger partial charge in [0.15, 0.2) is 0 Å². The molecule has 2 aromatic rings. The maximum Gasteiger partial charge on any atom is 0.336 e. The average Bonchev–Trinajstić information content (AvgIpc) is 2.91. The third-order valence-corrected chi connectivity index (χ3v) is 3.30. The predicted octanol–water partition coefficient (Wildman–Crippen LogP) is 2.78. The Bertz CT molecular complexity index is 603. The summed E-state index contributed by atoms with van der Waals surface area (Å²) >= 11 is 0. The fourth-order valence-electron chi connectivity index (χ4n) is 2.39. The van der Waals surface area contributed by atoms with Gasteiger partial charge in [-0.3, -0.25) is 4.98 Å². The highest BCUT2D eigenvalue weighted by atomic mass is 16.5. The van der Waals surface area contributed by atoms with Crippen molar-refractivity contribution in [1.29, 1.82) is 0 Å². The van der Waals surface area contributed by atoms with E-state index in [1.54, 1.807) is 0 Å². The lowest BCUT2D eigenvalue weighted by Gasteiger charge is -2.11. The minimum atomic E-state index is -0.924. The molecule has 0 amide bonds. The van der Waals surface area contributed by atoms with Crippen molar-refractivity contribution >= 4 is 16.9 Å². The topological polar surface area (TPSA) is 59.4 Å². The number of benzene rings is 1. The number of pyridine rings is 1. The molecule has 0 spiro atoms. The van der Waals surface area contributed by atoms with E-state index in [-0.39, 0.29) is 6.10 Å². The molecule has 0 unspecified atom stereocenters. The highest BCUT2D eigenvalue weighted by Crippen LogP contribution is 2.30. The van der Waals surface area contributed by atoms with E-state index in [2.05, 4.69) is 4.98 Å². The molecule has 2 heterocycles. The monoisotopic (exact) mass is 243 g/mol. The van der Waals surface area contributed by atoms with Gasteiger partial charge in [0, 0.05) is 18.2 Å². The minimum Gasteiger partial charge on any atom is -0.478 e. The van der Waals surface area contributed by atoms with Crippen molar-refractivity contribution in [2.75, 3.05) is 6.61 Å². The van der Waals surface area contributed by atoms with Crippen molar-refractivity contribution in [3.63, 3.8) is 0 Å². The molecule has 4 nitrogen and oxygen atoms in total. The molecule has 1 N–H and O–H groups in total. The zero-order valence-electron chi connectivity index (χ0n) is 9.80. The molecule has 3 rings (SSSR count). The van der Waals surface area contributed by atoms with Gasteiger partial charge < -0.3 is 9.84 Å². The van der Waals surface area contributed by atoms with Gasteiger partial charge in [-0.15, -0.1) is 0 Å². The summed E-state index contributed by atoms with van der Waals surface area (Å²) in [6, 6.07) is 7.25. The van der Waals surface area contributed by atoms with Gasteiger partial charge in [-0.05, 0) is 36.6 Å². The number of hydrogen-bond acceptors (Lipinski definition) is 3. The number of nitrogens with zero attached hydrogens (tertiary/aromatic N) is 1. The van der Waals surface area contributed by atoms with Gasteiger partial charge in [-0.2, -0.15) is 0 Å². The van der Waals surface area contributed by atoms with Gasteiger partial charge in [0.2, 0.25) is 0 Å². The van der Waals surface area contributed by atoms with Crippen molar-refractivity contribution < 1.29 is 14.6 Å². The summed E-state index contributed by atoms with van der Waals surface area (Å²) in [6.45, 7) is 0.779. The number of aromatic nitrogens is 1. The number of aromatic carboxylic acids is 1. The highest BCUT2D eigenvalue weighted by Gasteiger charge is 2.19. The molecule has 1 aliphatic heterocycles. The molecule has 0 aliphatic carbocycles. The van der Waals surface area contributed by atoms with Crippen LogP contribution in [0.1, 0.15) is 34.9 Å². The summed E-state index contributed by atoms with van der Waals surface area (Å²) in [5, 5.41) is 9.86. The van der Waals surface area contributed by atoms with Crippen LogP contribution < -0.4 is 0 Å². The van der Waals surface area contributed by atoms with Crippen LogP contribution >= 0.6 is 0 Å². The van der Waals surface area contributed by atoms with E-state index in [4.69, 9.17) is 4.74 Å². The predicted molar refractivity (Wildman–Crippen MR) is 66.6 cm³/mol. The number of ether oxygens (including phenoxy) is 1. The van der Waals surface area contributed by atoms with Crippen LogP contribution in [0.4, 0.5) is 0 Å². The molecule has 4 heteroatoms. The first-order chi connectivity index (χ1) is 8.75. The first-order valence-corrected chi connectivity index (χ1v) is 5.99. The van der Waals surface area contributed by atoms with Crippen molar-refractivity contribution in [2.45, 2.75) is 18.9 Å². The summed E-state index contributed by atoms with van der Waals surface area (Å²) in [6.07, 6.45) is 3.67. The highest BCUT2D eigenvalue weighted by molar-refractivity contribution is 6.02. The fraction of sp³-hybridized carbons (Fsp3) is 0.286. The normalized spacial score (nSPS) is 19.2. The van der Waals surface area contributed by atoms with E-state index < -0.39 is 5.97 Å². The number of hydrogen-bond donors (Lipinski definition) is 1. The number of rotatable bonds is 2. The lowest BCUT2D eigenvalue weighted by molar-refractivity contribution is 0.0699. The Morgan fingerprint density at radius 1 is 1.39 bits per heavy atom. The lowest BCUT2D eigenvalue weighted by Crippen LogP contribution is -2.00. The van der Waals surface area contributed by atoms with Crippen LogP contribution in [-0.2, 0) is 4.74 Å². The van der Waals surface area contributed by atoms with Crippen molar-refractivity contribution in [3.8, 4) is 0 Å². The van der Waals surface area contributed by atoms with Gasteiger partial charge in [0.25, 0.3) is 0 Å². The number of fused-ring (bicyclic) bond motifs is 1. The van der Waals surface area contributed by atoms with Gasteiger partial charge >= 0.3 is 5.97 Å². The second kappa shape index (κ2) is 4.38. The third kappa shape index (κ3) is 1.84. The summed E-state index contributed by atoms with van der Waals surface area (Å²) in [4.78, 5) is 15.4. The van der Waals surface area contributed by atoms with Crippen molar-refractivity contribution in [1.82, 2.24) is 4.98 Å². The Labute approximate surface area is 104 Å². The molecule has 18 heavy (non-hydrogen) atoms. The number of carboxylic acids is 1. The third-order valence-electron chi connectivity index (χ3n) is 3.30. The first-order valence-electron chi connectivity index (χ1n) is 5.99. The molecule has 1 saturated heterocycles. The van der Waals surface area contributed by atoms with Gasteiger partial charge in [-0.1, -0.05) is 6.07 Å². The lowest BCUT2D eigenvalue weighted by atomic mass is 10.0. The maximum atomic E-state index is 11.2. The zero-order valence-corrected chi connectivity index (χ0v) is 9.80. The molecule has 1 aromatic carbocycles. The molecule has 0 bridgehead atoms. The number of carbonyl (C=O) groups is 1. The Balaban J connectivity index is 2.14. The van der Waals surface area contributed by atoms with E-state index in [0.717, 1.165) is 25.0 Å². The SMILES string of the molecule is O=C(O)c1ccnc2ccc([C@H]3CCCO3)cc12. The van der Waals surface area contributed by atoms with E-state index in [1.165, 1.54) is 12.3 Å². The van der Waals surface area contributed by atoms with E-state index in [9.17, 15) is 9.90 Å². The van der Waals surface area contributed by atoms with Crippen LogP contribution in [0.2, 0.25) is 0 Å². The molecule has 1 fully saturated rings. The van der Waals surface area contributed by atoms with Crippen molar-refractivity contribution in [2.24, 2.45) is 0 Å². The standard InChI is InChI=1S/C14H13NO3/c16-14(17)10-5-6-15-12-4-3-9(8-11(10)12)13-2-1-7-18-13/h3-6,8,13H,1-2,7H2,(H,16,17)/t13-/m1/s1. The van der Waals surface area contributed by atoms with E-state index in [0.29, 0.717) is 16.5 Å².